The highest BCUT2D eigenvalue weighted by atomic mass is 35.5. The molecule has 108 valence electrons. The molecule has 2 aromatic rings. The maximum Gasteiger partial charge on any atom is 0.416 e. The molecule has 8 heteroatoms. The number of thiophene rings is 1. The van der Waals surface area contributed by atoms with Crippen molar-refractivity contribution in [2.45, 2.75) is 12.7 Å². The fraction of sp³-hybridized carbons (Fsp3) is 0.250. The first kappa shape index (κ1) is 14.9. The quantitative estimate of drug-likeness (QED) is 0.928. The van der Waals surface area contributed by atoms with Crippen molar-refractivity contribution < 1.29 is 13.2 Å². The summed E-state index contributed by atoms with van der Waals surface area (Å²) in [6.45, 7) is 0.408. The third-order valence-electron chi connectivity index (χ3n) is 2.57. The van der Waals surface area contributed by atoms with Crippen molar-refractivity contribution in [2.24, 2.45) is 0 Å². The molecule has 2 aromatic heterocycles. The van der Waals surface area contributed by atoms with Crippen LogP contribution < -0.4 is 10.6 Å². The summed E-state index contributed by atoms with van der Waals surface area (Å²) in [4.78, 5) is 6.44. The monoisotopic (exact) mass is 321 g/mol. The average Bonchev–Trinajstić information content (AvgIpc) is 2.72. The van der Waals surface area contributed by atoms with E-state index in [9.17, 15) is 13.2 Å². The zero-order chi connectivity index (χ0) is 14.9. The van der Waals surface area contributed by atoms with Crippen LogP contribution in [0.2, 0.25) is 4.34 Å². The highest BCUT2D eigenvalue weighted by Crippen LogP contribution is 2.32. The smallest absolute Gasteiger partial charge is 0.384 e. The van der Waals surface area contributed by atoms with Crippen molar-refractivity contribution >= 4 is 34.6 Å². The Morgan fingerprint density at radius 2 is 2.05 bits per heavy atom. The third-order valence-corrected chi connectivity index (χ3v) is 3.79. The molecule has 3 nitrogen and oxygen atoms in total. The van der Waals surface area contributed by atoms with E-state index in [4.69, 9.17) is 17.3 Å². The molecular weight excluding hydrogens is 311 g/mol. The van der Waals surface area contributed by atoms with Crippen LogP contribution in [0, 0.1) is 0 Å². The Balaban J connectivity index is 2.25. The van der Waals surface area contributed by atoms with E-state index < -0.39 is 11.7 Å². The van der Waals surface area contributed by atoms with Crippen LogP contribution in [0.15, 0.2) is 24.3 Å². The van der Waals surface area contributed by atoms with Crippen molar-refractivity contribution in [3.05, 3.63) is 39.0 Å². The third kappa shape index (κ3) is 3.55. The summed E-state index contributed by atoms with van der Waals surface area (Å²) < 4.78 is 38.8. The first-order valence-electron chi connectivity index (χ1n) is 5.56. The molecule has 0 saturated carbocycles. The maximum absolute atomic E-state index is 12.7. The molecule has 0 unspecified atom stereocenters. The van der Waals surface area contributed by atoms with Gasteiger partial charge in [0.1, 0.15) is 11.6 Å². The lowest BCUT2D eigenvalue weighted by Crippen LogP contribution is -2.19. The van der Waals surface area contributed by atoms with Gasteiger partial charge in [-0.05, 0) is 24.3 Å². The van der Waals surface area contributed by atoms with Crippen LogP contribution in [0.4, 0.5) is 24.8 Å². The summed E-state index contributed by atoms with van der Waals surface area (Å²) in [5.74, 6) is 0.00716. The van der Waals surface area contributed by atoms with E-state index in [0.717, 1.165) is 17.0 Å². The van der Waals surface area contributed by atoms with Crippen LogP contribution in [0.5, 0.6) is 0 Å². The standard InChI is InChI=1S/C12H11ClF3N3S/c1-19(6-8-2-3-9(13)20-8)11-5-7(12(14,15)16)4-10(17)18-11/h2-5H,6H2,1H3,(H2,17,18). The molecule has 0 saturated heterocycles. The Morgan fingerprint density at radius 3 is 2.60 bits per heavy atom. The van der Waals surface area contributed by atoms with Gasteiger partial charge in [-0.15, -0.1) is 11.3 Å². The number of halogens is 4. The van der Waals surface area contributed by atoms with Gasteiger partial charge in [-0.3, -0.25) is 0 Å². The Kier molecular flexibility index (Phi) is 4.10. The van der Waals surface area contributed by atoms with E-state index >= 15 is 0 Å². The number of anilines is 2. The molecule has 0 atom stereocenters. The Morgan fingerprint density at radius 1 is 1.35 bits per heavy atom. The second-order valence-corrected chi connectivity index (χ2v) is 6.00. The Hall–Kier alpha value is -1.47. The van der Waals surface area contributed by atoms with Gasteiger partial charge >= 0.3 is 6.18 Å². The Labute approximate surface area is 122 Å². The van der Waals surface area contributed by atoms with Gasteiger partial charge in [0.05, 0.1) is 16.4 Å². The minimum Gasteiger partial charge on any atom is -0.384 e. The highest BCUT2D eigenvalue weighted by Gasteiger charge is 2.31. The number of nitrogens with zero attached hydrogens (tertiary/aromatic N) is 2. The molecule has 20 heavy (non-hydrogen) atoms. The molecule has 0 amide bonds. The lowest BCUT2D eigenvalue weighted by molar-refractivity contribution is -0.137. The predicted molar refractivity (Wildman–Crippen MR) is 75.1 cm³/mol. The summed E-state index contributed by atoms with van der Waals surface area (Å²) in [6.07, 6.45) is -4.45. The number of nitrogen functional groups attached to an aromatic ring is 1. The zero-order valence-electron chi connectivity index (χ0n) is 10.4. The van der Waals surface area contributed by atoms with E-state index in [-0.39, 0.29) is 11.6 Å². The number of aromatic nitrogens is 1. The van der Waals surface area contributed by atoms with Crippen molar-refractivity contribution in [2.75, 3.05) is 17.7 Å². The predicted octanol–water partition coefficient (Wildman–Crippen LogP) is 4.03. The molecule has 0 bridgehead atoms. The molecule has 0 fully saturated rings. The second-order valence-electron chi connectivity index (χ2n) is 4.20. The van der Waals surface area contributed by atoms with Gasteiger partial charge in [0, 0.05) is 11.9 Å². The van der Waals surface area contributed by atoms with Crippen LogP contribution in [0.3, 0.4) is 0 Å². The lowest BCUT2D eigenvalue weighted by Gasteiger charge is -2.19. The number of rotatable bonds is 3. The minimum atomic E-state index is -4.45. The molecule has 0 aliphatic heterocycles. The molecule has 0 aliphatic carbocycles. The number of pyridine rings is 1. The van der Waals surface area contributed by atoms with Crippen LogP contribution in [0.1, 0.15) is 10.4 Å². The van der Waals surface area contributed by atoms with E-state index in [1.165, 1.54) is 11.3 Å². The summed E-state index contributed by atoms with van der Waals surface area (Å²) in [5.41, 5.74) is 4.63. The average molecular weight is 322 g/mol. The van der Waals surface area contributed by atoms with Gasteiger partial charge in [-0.1, -0.05) is 11.6 Å². The van der Waals surface area contributed by atoms with E-state index in [0.29, 0.717) is 10.9 Å². The summed E-state index contributed by atoms with van der Waals surface area (Å²) in [7, 11) is 1.65. The fourth-order valence-corrected chi connectivity index (χ4v) is 2.79. The summed E-state index contributed by atoms with van der Waals surface area (Å²) in [6, 6.07) is 5.36. The van der Waals surface area contributed by atoms with E-state index in [1.54, 1.807) is 18.0 Å². The topological polar surface area (TPSA) is 42.1 Å². The summed E-state index contributed by atoms with van der Waals surface area (Å²) in [5, 5.41) is 0. The molecule has 2 rings (SSSR count). The molecule has 0 spiro atoms. The minimum absolute atomic E-state index is 0.161. The number of nitrogens with two attached hydrogens (primary N) is 1. The van der Waals surface area contributed by atoms with Crippen LogP contribution in [-0.4, -0.2) is 12.0 Å². The van der Waals surface area contributed by atoms with E-state index in [2.05, 4.69) is 4.98 Å². The van der Waals surface area contributed by atoms with Gasteiger partial charge in [0.15, 0.2) is 0 Å². The van der Waals surface area contributed by atoms with E-state index in [1.807, 2.05) is 6.07 Å². The molecule has 0 aliphatic rings. The second kappa shape index (κ2) is 5.49. The SMILES string of the molecule is CN(Cc1ccc(Cl)s1)c1cc(C(F)(F)F)cc(N)n1. The van der Waals surface area contributed by atoms with Gasteiger partial charge in [0.2, 0.25) is 0 Å². The van der Waals surface area contributed by atoms with Crippen molar-refractivity contribution in [3.63, 3.8) is 0 Å². The molecule has 0 aromatic carbocycles. The number of hydrogen-bond acceptors (Lipinski definition) is 4. The Bertz CT molecular complexity index is 612. The van der Waals surface area contributed by atoms with Gasteiger partial charge < -0.3 is 10.6 Å². The lowest BCUT2D eigenvalue weighted by atomic mass is 10.2. The molecule has 2 N–H and O–H groups in total. The molecular formula is C12H11ClF3N3S. The van der Waals surface area contributed by atoms with Crippen molar-refractivity contribution in [1.29, 1.82) is 0 Å². The van der Waals surface area contributed by atoms with Crippen LogP contribution in [-0.2, 0) is 12.7 Å². The first-order chi connectivity index (χ1) is 9.25. The first-order valence-corrected chi connectivity index (χ1v) is 6.75. The maximum atomic E-state index is 12.7. The van der Waals surface area contributed by atoms with Gasteiger partial charge in [-0.2, -0.15) is 13.2 Å². The largest absolute Gasteiger partial charge is 0.416 e. The zero-order valence-corrected chi connectivity index (χ0v) is 12.0. The molecule has 2 heterocycles. The number of alkyl halides is 3. The normalized spacial score (nSPS) is 11.7. The van der Waals surface area contributed by atoms with Crippen molar-refractivity contribution in [3.8, 4) is 0 Å². The van der Waals surface area contributed by atoms with Crippen LogP contribution in [0.25, 0.3) is 0 Å². The fourth-order valence-electron chi connectivity index (χ4n) is 1.65. The highest BCUT2D eigenvalue weighted by molar-refractivity contribution is 7.16. The number of hydrogen-bond donors (Lipinski definition) is 1. The van der Waals surface area contributed by atoms with Crippen molar-refractivity contribution in [1.82, 2.24) is 4.98 Å². The van der Waals surface area contributed by atoms with Crippen LogP contribution >= 0.6 is 22.9 Å². The molecule has 0 radical (unpaired) electrons. The summed E-state index contributed by atoms with van der Waals surface area (Å²) >= 11 is 7.18. The van der Waals surface area contributed by atoms with Gasteiger partial charge in [0.25, 0.3) is 0 Å². The van der Waals surface area contributed by atoms with Gasteiger partial charge in [-0.25, -0.2) is 4.98 Å².